The Morgan fingerprint density at radius 2 is 1.84 bits per heavy atom. The molecule has 0 aliphatic heterocycles. The molecule has 0 aliphatic rings. The van der Waals surface area contributed by atoms with Crippen LogP contribution in [-0.4, -0.2) is 29.0 Å². The number of benzene rings is 2. The van der Waals surface area contributed by atoms with Crippen LogP contribution in [0.4, 0.5) is 28.9 Å². The Morgan fingerprint density at radius 1 is 1.19 bits per heavy atom. The molecule has 0 atom stereocenters. The van der Waals surface area contributed by atoms with Crippen LogP contribution in [0.2, 0.25) is 0 Å². The first-order chi connectivity index (χ1) is 14.5. The van der Waals surface area contributed by atoms with E-state index in [4.69, 9.17) is 4.74 Å². The molecule has 0 aromatic heterocycles. The summed E-state index contributed by atoms with van der Waals surface area (Å²) >= 11 is 0. The van der Waals surface area contributed by atoms with E-state index in [9.17, 15) is 37.6 Å². The number of nitro benzene ring substituents is 1. The molecule has 0 saturated carbocycles. The van der Waals surface area contributed by atoms with Gasteiger partial charge < -0.3 is 14.6 Å². The number of carbonyl (C=O) groups is 1. The predicted molar refractivity (Wildman–Crippen MR) is 96.9 cm³/mol. The van der Waals surface area contributed by atoms with Gasteiger partial charge in [0.15, 0.2) is 5.76 Å². The number of halogens is 4. The number of ether oxygens (including phenoxy) is 2. The molecule has 2 aromatic carbocycles. The molecule has 0 spiro atoms. The van der Waals surface area contributed by atoms with Crippen molar-refractivity contribution < 1.29 is 41.9 Å². The fourth-order valence-electron chi connectivity index (χ4n) is 2.22. The Labute approximate surface area is 171 Å². The summed E-state index contributed by atoms with van der Waals surface area (Å²) < 4.78 is 59.2. The highest BCUT2D eigenvalue weighted by Crippen LogP contribution is 2.31. The fraction of sp³-hybridized carbons (Fsp3) is 0.167. The van der Waals surface area contributed by atoms with Gasteiger partial charge >= 0.3 is 12.3 Å². The van der Waals surface area contributed by atoms with Crippen LogP contribution in [0.1, 0.15) is 12.5 Å². The van der Waals surface area contributed by atoms with Crippen molar-refractivity contribution in [2.24, 2.45) is 10.2 Å². The molecular formula is C18H13F4N3O6. The Hall–Kier alpha value is -4.03. The van der Waals surface area contributed by atoms with Gasteiger partial charge in [0.2, 0.25) is 5.70 Å². The number of nitrogens with zero attached hydrogens (tertiary/aromatic N) is 3. The van der Waals surface area contributed by atoms with E-state index < -0.39 is 51.5 Å². The van der Waals surface area contributed by atoms with E-state index in [1.807, 2.05) is 0 Å². The molecule has 0 fully saturated rings. The summed E-state index contributed by atoms with van der Waals surface area (Å²) in [6.07, 6.45) is -4.90. The van der Waals surface area contributed by atoms with Gasteiger partial charge in [-0.3, -0.25) is 10.1 Å². The number of aliphatic hydroxyl groups excluding tert-OH is 1. The van der Waals surface area contributed by atoms with Gasteiger partial charge in [0.05, 0.1) is 17.2 Å². The number of esters is 1. The largest absolute Gasteiger partial charge is 0.573 e. The summed E-state index contributed by atoms with van der Waals surface area (Å²) in [5.41, 5.74) is -2.79. The molecular weight excluding hydrogens is 430 g/mol. The number of nitro groups is 1. The third-order valence-electron chi connectivity index (χ3n) is 3.45. The molecule has 13 heteroatoms. The van der Waals surface area contributed by atoms with Crippen molar-refractivity contribution in [3.63, 3.8) is 0 Å². The van der Waals surface area contributed by atoms with E-state index >= 15 is 0 Å². The Bertz CT molecular complexity index is 1040. The zero-order valence-electron chi connectivity index (χ0n) is 15.6. The molecule has 0 saturated heterocycles. The van der Waals surface area contributed by atoms with Crippen LogP contribution in [0.3, 0.4) is 0 Å². The molecule has 31 heavy (non-hydrogen) atoms. The maximum atomic E-state index is 14.2. The monoisotopic (exact) mass is 443 g/mol. The van der Waals surface area contributed by atoms with Crippen LogP contribution < -0.4 is 4.74 Å². The van der Waals surface area contributed by atoms with Crippen LogP contribution in [-0.2, 0) is 9.53 Å². The second kappa shape index (κ2) is 9.65. The van der Waals surface area contributed by atoms with Crippen LogP contribution in [0, 0.1) is 15.9 Å². The summed E-state index contributed by atoms with van der Waals surface area (Å²) in [4.78, 5) is 22.3. The molecule has 0 radical (unpaired) electrons. The van der Waals surface area contributed by atoms with Crippen molar-refractivity contribution in [1.29, 1.82) is 0 Å². The van der Waals surface area contributed by atoms with Crippen molar-refractivity contribution in [2.45, 2.75) is 13.3 Å². The summed E-state index contributed by atoms with van der Waals surface area (Å²) in [6.45, 7) is 1.25. The second-order valence-electron chi connectivity index (χ2n) is 5.55. The number of alkyl halides is 3. The van der Waals surface area contributed by atoms with Crippen molar-refractivity contribution in [3.05, 3.63) is 69.7 Å². The highest BCUT2D eigenvalue weighted by molar-refractivity contribution is 5.96. The normalized spacial score (nSPS) is 12.4. The van der Waals surface area contributed by atoms with Gasteiger partial charge in [0.25, 0.3) is 5.69 Å². The van der Waals surface area contributed by atoms with Gasteiger partial charge in [-0.15, -0.1) is 18.3 Å². The predicted octanol–water partition coefficient (Wildman–Crippen LogP) is 5.21. The van der Waals surface area contributed by atoms with Crippen molar-refractivity contribution in [3.8, 4) is 5.75 Å². The molecule has 0 aliphatic carbocycles. The second-order valence-corrected chi connectivity index (χ2v) is 5.55. The SMILES string of the molecule is CCOC(=O)/C(N=Nc1ccc(OC(F)(F)F)cc1)=C(\O)c1c(F)cccc1[N+](=O)[O-]. The minimum Gasteiger partial charge on any atom is -0.505 e. The lowest BCUT2D eigenvalue weighted by Crippen LogP contribution is -2.16. The van der Waals surface area contributed by atoms with Crippen molar-refractivity contribution in [1.82, 2.24) is 0 Å². The van der Waals surface area contributed by atoms with Crippen molar-refractivity contribution >= 4 is 23.1 Å². The Kier molecular flexibility index (Phi) is 7.24. The lowest BCUT2D eigenvalue weighted by atomic mass is 10.1. The van der Waals surface area contributed by atoms with Crippen LogP contribution >= 0.6 is 0 Å². The van der Waals surface area contributed by atoms with E-state index in [0.717, 1.165) is 42.5 Å². The quantitative estimate of drug-likeness (QED) is 0.119. The first-order valence-corrected chi connectivity index (χ1v) is 8.34. The topological polar surface area (TPSA) is 124 Å². The number of aliphatic hydroxyl groups is 1. The minimum absolute atomic E-state index is 0.0767. The standard InChI is InChI=1S/C18H13F4N3O6/c1-2-30-17(27)15(16(26)14-12(19)4-3-5-13(14)25(28)29)24-23-10-6-8-11(9-7-10)31-18(20,21)22/h3-9,26H,2H2,1H3/b16-15+,24-23?. The Morgan fingerprint density at radius 3 is 2.39 bits per heavy atom. The fourth-order valence-corrected chi connectivity index (χ4v) is 2.22. The average Bonchev–Trinajstić information content (AvgIpc) is 2.68. The molecule has 0 amide bonds. The van der Waals surface area contributed by atoms with Gasteiger partial charge in [-0.1, -0.05) is 6.07 Å². The lowest BCUT2D eigenvalue weighted by molar-refractivity contribution is -0.385. The third kappa shape index (κ3) is 6.22. The van der Waals surface area contributed by atoms with Gasteiger partial charge in [-0.25, -0.2) is 9.18 Å². The molecule has 2 aromatic rings. The van der Waals surface area contributed by atoms with Crippen LogP contribution in [0.25, 0.3) is 5.76 Å². The number of hydrogen-bond acceptors (Lipinski definition) is 8. The zero-order chi connectivity index (χ0) is 23.2. The zero-order valence-corrected chi connectivity index (χ0v) is 15.6. The number of rotatable bonds is 7. The molecule has 2 rings (SSSR count). The molecule has 9 nitrogen and oxygen atoms in total. The Balaban J connectivity index is 2.49. The summed E-state index contributed by atoms with van der Waals surface area (Å²) in [7, 11) is 0. The van der Waals surface area contributed by atoms with Crippen molar-refractivity contribution in [2.75, 3.05) is 6.61 Å². The maximum Gasteiger partial charge on any atom is 0.573 e. The van der Waals surface area contributed by atoms with E-state index in [-0.39, 0.29) is 12.3 Å². The van der Waals surface area contributed by atoms with E-state index in [2.05, 4.69) is 15.0 Å². The van der Waals surface area contributed by atoms with Crippen LogP contribution in [0.5, 0.6) is 5.75 Å². The smallest absolute Gasteiger partial charge is 0.505 e. The molecule has 0 unspecified atom stereocenters. The number of carbonyl (C=O) groups excluding carboxylic acids is 1. The van der Waals surface area contributed by atoms with Gasteiger partial charge in [0, 0.05) is 6.07 Å². The van der Waals surface area contributed by atoms with E-state index in [1.165, 1.54) is 6.92 Å². The molecule has 164 valence electrons. The van der Waals surface area contributed by atoms with E-state index in [1.54, 1.807) is 0 Å². The average molecular weight is 443 g/mol. The maximum absolute atomic E-state index is 14.2. The highest BCUT2D eigenvalue weighted by atomic mass is 19.4. The lowest BCUT2D eigenvalue weighted by Gasteiger charge is -2.08. The van der Waals surface area contributed by atoms with Crippen LogP contribution in [0.15, 0.2) is 58.4 Å². The van der Waals surface area contributed by atoms with Gasteiger partial charge in [0.1, 0.15) is 17.1 Å². The molecule has 0 heterocycles. The summed E-state index contributed by atoms with van der Waals surface area (Å²) in [5, 5.41) is 28.6. The minimum atomic E-state index is -4.90. The van der Waals surface area contributed by atoms with Gasteiger partial charge in [-0.2, -0.15) is 5.11 Å². The first kappa shape index (κ1) is 23.3. The molecule has 1 N–H and O–H groups in total. The number of azo groups is 1. The highest BCUT2D eigenvalue weighted by Gasteiger charge is 2.31. The van der Waals surface area contributed by atoms with E-state index in [0.29, 0.717) is 0 Å². The summed E-state index contributed by atoms with van der Waals surface area (Å²) in [6, 6.07) is 6.67. The van der Waals surface area contributed by atoms with Gasteiger partial charge in [-0.05, 0) is 37.3 Å². The summed E-state index contributed by atoms with van der Waals surface area (Å²) in [5.74, 6) is -4.22. The number of hydrogen-bond donors (Lipinski definition) is 1. The molecule has 0 bridgehead atoms. The third-order valence-corrected chi connectivity index (χ3v) is 3.45. The first-order valence-electron chi connectivity index (χ1n) is 8.34.